The third-order valence-electron chi connectivity index (χ3n) is 2.96. The normalized spacial score (nSPS) is 20.1. The molecule has 1 aliphatic rings. The lowest BCUT2D eigenvalue weighted by Gasteiger charge is -2.34. The van der Waals surface area contributed by atoms with E-state index in [0.717, 1.165) is 17.8 Å². The molecule has 1 N–H and O–H groups in total. The second kappa shape index (κ2) is 5.17. The molecule has 1 fully saturated rings. The van der Waals surface area contributed by atoms with Gasteiger partial charge in [0, 0.05) is 13.1 Å². The summed E-state index contributed by atoms with van der Waals surface area (Å²) >= 11 is 0. The molecular weight excluding hydrogens is 216 g/mol. The van der Waals surface area contributed by atoms with Gasteiger partial charge < -0.3 is 14.7 Å². The second-order valence-electron chi connectivity index (χ2n) is 4.25. The molecule has 1 saturated heterocycles. The number of nitrogens with zero attached hydrogens (tertiary/aromatic N) is 2. The van der Waals surface area contributed by atoms with Crippen molar-refractivity contribution < 1.29 is 9.84 Å². The summed E-state index contributed by atoms with van der Waals surface area (Å²) in [5.41, 5.74) is 2.70. The first-order valence-corrected chi connectivity index (χ1v) is 5.72. The number of nitriles is 1. The van der Waals surface area contributed by atoms with Gasteiger partial charge in [-0.2, -0.15) is 5.26 Å². The summed E-state index contributed by atoms with van der Waals surface area (Å²) in [6.45, 7) is 3.97. The Kier molecular flexibility index (Phi) is 3.62. The smallest absolute Gasteiger partial charge is 0.101 e. The van der Waals surface area contributed by atoms with E-state index >= 15 is 0 Å². The monoisotopic (exact) mass is 232 g/mol. The van der Waals surface area contributed by atoms with Gasteiger partial charge in [-0.25, -0.2) is 0 Å². The van der Waals surface area contributed by atoms with Crippen LogP contribution in [0.5, 0.6) is 0 Å². The fraction of sp³-hybridized carbons (Fsp3) is 0.462. The molecule has 90 valence electrons. The summed E-state index contributed by atoms with van der Waals surface area (Å²) in [7, 11) is 0. The number of rotatable bonds is 2. The minimum Gasteiger partial charge on any atom is -0.394 e. The molecule has 0 saturated carbocycles. The number of ether oxygens (including phenoxy) is 1. The Balaban J connectivity index is 2.24. The van der Waals surface area contributed by atoms with Crippen LogP contribution in [0.1, 0.15) is 11.1 Å². The van der Waals surface area contributed by atoms with E-state index in [2.05, 4.69) is 11.0 Å². The molecule has 4 nitrogen and oxygen atoms in total. The van der Waals surface area contributed by atoms with Gasteiger partial charge in [0.2, 0.25) is 0 Å². The first kappa shape index (κ1) is 11.9. The summed E-state index contributed by atoms with van der Waals surface area (Å²) in [4.78, 5) is 2.10. The Morgan fingerprint density at radius 2 is 2.41 bits per heavy atom. The molecule has 17 heavy (non-hydrogen) atoms. The minimum atomic E-state index is -0.156. The predicted octanol–water partition coefficient (Wildman–Crippen LogP) is 1.06. The molecule has 1 atom stereocenters. The van der Waals surface area contributed by atoms with Crippen LogP contribution in [0.15, 0.2) is 18.2 Å². The molecule has 2 rings (SSSR count). The average Bonchev–Trinajstić information content (AvgIpc) is 2.38. The molecule has 0 radical (unpaired) electrons. The Morgan fingerprint density at radius 3 is 3.12 bits per heavy atom. The van der Waals surface area contributed by atoms with Gasteiger partial charge >= 0.3 is 0 Å². The van der Waals surface area contributed by atoms with Gasteiger partial charge in [0.05, 0.1) is 30.6 Å². The zero-order chi connectivity index (χ0) is 12.3. The van der Waals surface area contributed by atoms with Crippen LogP contribution in [-0.2, 0) is 4.74 Å². The zero-order valence-corrected chi connectivity index (χ0v) is 9.89. The van der Waals surface area contributed by atoms with Crippen molar-refractivity contribution >= 4 is 5.69 Å². The number of anilines is 1. The predicted molar refractivity (Wildman–Crippen MR) is 64.9 cm³/mol. The first-order chi connectivity index (χ1) is 8.24. The molecule has 1 heterocycles. The molecular formula is C13H16N2O2. The average molecular weight is 232 g/mol. The standard InChI is InChI=1S/C13H16N2O2/c1-10-2-3-13(11(6-10)7-14)15-4-5-17-12(8-15)9-16/h2-3,6,12,16H,4-5,8-9H2,1H3. The highest BCUT2D eigenvalue weighted by atomic mass is 16.5. The van der Waals surface area contributed by atoms with Crippen molar-refractivity contribution in [2.24, 2.45) is 0 Å². The lowest BCUT2D eigenvalue weighted by atomic mass is 10.1. The molecule has 0 aromatic heterocycles. The molecule has 0 spiro atoms. The van der Waals surface area contributed by atoms with E-state index < -0.39 is 0 Å². The summed E-state index contributed by atoms with van der Waals surface area (Å²) in [6, 6.07) is 8.07. The molecule has 4 heteroatoms. The number of aliphatic hydroxyl groups excluding tert-OH is 1. The third-order valence-corrected chi connectivity index (χ3v) is 2.96. The Hall–Kier alpha value is -1.57. The van der Waals surface area contributed by atoms with E-state index in [1.807, 2.05) is 25.1 Å². The maximum atomic E-state index is 9.14. The van der Waals surface area contributed by atoms with Crippen LogP contribution < -0.4 is 4.90 Å². The fourth-order valence-corrected chi connectivity index (χ4v) is 2.06. The summed E-state index contributed by atoms with van der Waals surface area (Å²) in [6.07, 6.45) is -0.156. The van der Waals surface area contributed by atoms with E-state index in [1.165, 1.54) is 0 Å². The van der Waals surface area contributed by atoms with Crippen LogP contribution in [0.2, 0.25) is 0 Å². The molecule has 0 aliphatic carbocycles. The van der Waals surface area contributed by atoms with Crippen LogP contribution in [0.3, 0.4) is 0 Å². The van der Waals surface area contributed by atoms with E-state index in [-0.39, 0.29) is 12.7 Å². The van der Waals surface area contributed by atoms with Crippen LogP contribution in [0, 0.1) is 18.3 Å². The fourth-order valence-electron chi connectivity index (χ4n) is 2.06. The van der Waals surface area contributed by atoms with Gasteiger partial charge in [0.15, 0.2) is 0 Å². The second-order valence-corrected chi connectivity index (χ2v) is 4.25. The largest absolute Gasteiger partial charge is 0.394 e. The Bertz CT molecular complexity index is 440. The molecule has 0 bridgehead atoms. The van der Waals surface area contributed by atoms with Crippen molar-refractivity contribution in [2.75, 3.05) is 31.2 Å². The molecule has 1 aromatic rings. The quantitative estimate of drug-likeness (QED) is 0.828. The highest BCUT2D eigenvalue weighted by Crippen LogP contribution is 2.23. The van der Waals surface area contributed by atoms with Crippen LogP contribution in [0.4, 0.5) is 5.69 Å². The van der Waals surface area contributed by atoms with Gasteiger partial charge in [-0.15, -0.1) is 0 Å². The van der Waals surface area contributed by atoms with E-state index in [9.17, 15) is 0 Å². The van der Waals surface area contributed by atoms with Gasteiger partial charge in [-0.3, -0.25) is 0 Å². The third kappa shape index (κ3) is 2.57. The first-order valence-electron chi connectivity index (χ1n) is 5.72. The van der Waals surface area contributed by atoms with Crippen LogP contribution >= 0.6 is 0 Å². The highest BCUT2D eigenvalue weighted by molar-refractivity contribution is 5.60. The van der Waals surface area contributed by atoms with Crippen molar-refractivity contribution in [1.29, 1.82) is 5.26 Å². The molecule has 0 amide bonds. The lowest BCUT2D eigenvalue weighted by Crippen LogP contribution is -2.44. The number of hydrogen-bond acceptors (Lipinski definition) is 4. The van der Waals surface area contributed by atoms with Crippen molar-refractivity contribution in [1.82, 2.24) is 0 Å². The number of benzene rings is 1. The van der Waals surface area contributed by atoms with Crippen molar-refractivity contribution in [3.05, 3.63) is 29.3 Å². The number of aryl methyl sites for hydroxylation is 1. The minimum absolute atomic E-state index is 0.0181. The topological polar surface area (TPSA) is 56.5 Å². The van der Waals surface area contributed by atoms with Gasteiger partial charge in [0.1, 0.15) is 6.07 Å². The van der Waals surface area contributed by atoms with E-state index in [4.69, 9.17) is 15.1 Å². The van der Waals surface area contributed by atoms with Crippen molar-refractivity contribution in [2.45, 2.75) is 13.0 Å². The van der Waals surface area contributed by atoms with Crippen LogP contribution in [0.25, 0.3) is 0 Å². The van der Waals surface area contributed by atoms with E-state index in [0.29, 0.717) is 18.7 Å². The number of aliphatic hydroxyl groups is 1. The lowest BCUT2D eigenvalue weighted by molar-refractivity contribution is 0.00355. The van der Waals surface area contributed by atoms with Crippen LogP contribution in [-0.4, -0.2) is 37.5 Å². The summed E-state index contributed by atoms with van der Waals surface area (Å²) in [5, 5.41) is 18.2. The van der Waals surface area contributed by atoms with Gasteiger partial charge in [0.25, 0.3) is 0 Å². The number of hydrogen-bond donors (Lipinski definition) is 1. The summed E-state index contributed by atoms with van der Waals surface area (Å²) < 4.78 is 5.40. The van der Waals surface area contributed by atoms with Crippen molar-refractivity contribution in [3.8, 4) is 6.07 Å². The molecule has 1 unspecified atom stereocenters. The number of morpholine rings is 1. The zero-order valence-electron chi connectivity index (χ0n) is 9.89. The maximum Gasteiger partial charge on any atom is 0.101 e. The van der Waals surface area contributed by atoms with Gasteiger partial charge in [-0.05, 0) is 24.6 Å². The summed E-state index contributed by atoms with van der Waals surface area (Å²) in [5.74, 6) is 0. The molecule has 1 aromatic carbocycles. The Labute approximate surface area is 101 Å². The van der Waals surface area contributed by atoms with Crippen molar-refractivity contribution in [3.63, 3.8) is 0 Å². The SMILES string of the molecule is Cc1ccc(N2CCOC(CO)C2)c(C#N)c1. The Morgan fingerprint density at radius 1 is 1.59 bits per heavy atom. The van der Waals surface area contributed by atoms with Gasteiger partial charge in [-0.1, -0.05) is 6.07 Å². The van der Waals surface area contributed by atoms with E-state index in [1.54, 1.807) is 0 Å². The molecule has 1 aliphatic heterocycles. The maximum absolute atomic E-state index is 9.14. The highest BCUT2D eigenvalue weighted by Gasteiger charge is 2.21.